The van der Waals surface area contributed by atoms with Gasteiger partial charge in [-0.05, 0) is 60.3 Å². The Bertz CT molecular complexity index is 1130. The first kappa shape index (κ1) is 21.3. The highest BCUT2D eigenvalue weighted by Gasteiger charge is 2.26. The van der Waals surface area contributed by atoms with E-state index in [0.717, 1.165) is 0 Å². The van der Waals surface area contributed by atoms with Crippen molar-refractivity contribution in [3.63, 3.8) is 0 Å². The molecule has 3 rings (SSSR count). The van der Waals surface area contributed by atoms with E-state index in [1.54, 1.807) is 0 Å². The summed E-state index contributed by atoms with van der Waals surface area (Å²) in [7, 11) is -1.33. The van der Waals surface area contributed by atoms with Crippen molar-refractivity contribution in [1.29, 1.82) is 0 Å². The van der Waals surface area contributed by atoms with Gasteiger partial charge >= 0.3 is 10.1 Å². The maximum Gasteiger partial charge on any atom is 0.339 e. The molecular formula is C19H16N2O7S2. The zero-order valence-electron chi connectivity index (χ0n) is 15.8. The molecule has 2 aromatic rings. The molecule has 1 heterocycles. The molecule has 0 atom stereocenters. The monoisotopic (exact) mass is 448 g/mol. The van der Waals surface area contributed by atoms with Crippen molar-refractivity contribution in [2.45, 2.75) is 4.90 Å². The van der Waals surface area contributed by atoms with Crippen molar-refractivity contribution < 1.29 is 31.7 Å². The zero-order valence-corrected chi connectivity index (χ0v) is 17.4. The topological polar surface area (TPSA) is 120 Å². The van der Waals surface area contributed by atoms with Crippen LogP contribution in [-0.2, 0) is 19.7 Å². The Morgan fingerprint density at radius 3 is 2.10 bits per heavy atom. The molecule has 0 saturated carbocycles. The number of nitrogens with one attached hydrogen (secondary N) is 2. The molecular weight excluding hydrogens is 432 g/mol. The molecule has 2 amide bonds. The largest absolute Gasteiger partial charge is 0.497 e. The van der Waals surface area contributed by atoms with Crippen molar-refractivity contribution in [2.75, 3.05) is 14.2 Å². The lowest BCUT2D eigenvalue weighted by molar-refractivity contribution is -0.123. The van der Waals surface area contributed by atoms with Gasteiger partial charge in [0.15, 0.2) is 16.6 Å². The molecule has 1 fully saturated rings. The summed E-state index contributed by atoms with van der Waals surface area (Å²) in [6.45, 7) is 0. The molecule has 0 unspecified atom stereocenters. The fraction of sp³-hybridized carbons (Fsp3) is 0.105. The molecule has 1 saturated heterocycles. The van der Waals surface area contributed by atoms with E-state index >= 15 is 0 Å². The van der Waals surface area contributed by atoms with Gasteiger partial charge in [0.05, 0.1) is 14.2 Å². The molecule has 0 radical (unpaired) electrons. The Kier molecular flexibility index (Phi) is 6.04. The summed E-state index contributed by atoms with van der Waals surface area (Å²) in [5.41, 5.74) is 0.249. The normalized spacial score (nSPS) is 13.9. The molecule has 9 nitrogen and oxygen atoms in total. The second kappa shape index (κ2) is 8.51. The number of thiocarbonyl (C=S) groups is 1. The lowest BCUT2D eigenvalue weighted by Gasteiger charge is -2.16. The molecule has 1 aliphatic heterocycles. The maximum absolute atomic E-state index is 12.5. The number of amides is 2. The van der Waals surface area contributed by atoms with Gasteiger partial charge < -0.3 is 13.7 Å². The number of methoxy groups -OCH3 is 2. The second-order valence-electron chi connectivity index (χ2n) is 5.92. The maximum atomic E-state index is 12.5. The highest BCUT2D eigenvalue weighted by atomic mass is 32.2. The van der Waals surface area contributed by atoms with Crippen LogP contribution in [0.5, 0.6) is 17.2 Å². The van der Waals surface area contributed by atoms with E-state index in [1.165, 1.54) is 62.8 Å². The van der Waals surface area contributed by atoms with E-state index in [4.69, 9.17) is 25.9 Å². The molecule has 2 N–H and O–H groups in total. The van der Waals surface area contributed by atoms with Crippen LogP contribution in [0.3, 0.4) is 0 Å². The number of carbonyl (C=O) groups excluding carboxylic acids is 2. The summed E-state index contributed by atoms with van der Waals surface area (Å²) in [5.74, 6) is -0.765. The van der Waals surface area contributed by atoms with Crippen molar-refractivity contribution in [1.82, 2.24) is 10.6 Å². The summed E-state index contributed by atoms with van der Waals surface area (Å²) in [6, 6.07) is 9.95. The third kappa shape index (κ3) is 4.58. The number of rotatable bonds is 6. The van der Waals surface area contributed by atoms with Gasteiger partial charge in [0.1, 0.15) is 16.2 Å². The minimum atomic E-state index is -4.13. The van der Waals surface area contributed by atoms with E-state index in [0.29, 0.717) is 11.3 Å². The Balaban J connectivity index is 1.88. The molecule has 0 spiro atoms. The third-order valence-corrected chi connectivity index (χ3v) is 5.44. The number of hydrogen-bond donors (Lipinski definition) is 2. The summed E-state index contributed by atoms with van der Waals surface area (Å²) in [6.07, 6.45) is 1.32. The van der Waals surface area contributed by atoms with Crippen LogP contribution in [-0.4, -0.2) is 39.6 Å². The van der Waals surface area contributed by atoms with Gasteiger partial charge in [-0.1, -0.05) is 6.07 Å². The highest BCUT2D eigenvalue weighted by molar-refractivity contribution is 7.87. The fourth-order valence-electron chi connectivity index (χ4n) is 2.52. The standard InChI is InChI=1S/C19H16N2O7S2/c1-26-12-4-6-13(7-5-12)30(24,25)28-15-8-3-11(10-16(15)27-2)9-14-17(22)20-19(29)21-18(14)23/h3-10H,1-2H3,(H2,20,21,22,23,29). The van der Waals surface area contributed by atoms with E-state index in [2.05, 4.69) is 10.6 Å². The van der Waals surface area contributed by atoms with Gasteiger partial charge in [-0.3, -0.25) is 20.2 Å². The number of ether oxygens (including phenoxy) is 2. The molecule has 2 aromatic carbocycles. The van der Waals surface area contributed by atoms with Crippen molar-refractivity contribution >= 4 is 45.3 Å². The Labute approximate surface area is 177 Å². The third-order valence-electron chi connectivity index (χ3n) is 3.99. The summed E-state index contributed by atoms with van der Waals surface area (Å²) < 4.78 is 40.5. The van der Waals surface area contributed by atoms with E-state index in [9.17, 15) is 18.0 Å². The fourth-order valence-corrected chi connectivity index (χ4v) is 3.65. The number of benzene rings is 2. The van der Waals surface area contributed by atoms with Gasteiger partial charge in [0.25, 0.3) is 11.8 Å². The van der Waals surface area contributed by atoms with Gasteiger partial charge in [0, 0.05) is 0 Å². The van der Waals surface area contributed by atoms with Crippen molar-refractivity contribution in [3.8, 4) is 17.2 Å². The molecule has 156 valence electrons. The zero-order chi connectivity index (χ0) is 21.9. The smallest absolute Gasteiger partial charge is 0.339 e. The second-order valence-corrected chi connectivity index (χ2v) is 7.87. The first-order valence-electron chi connectivity index (χ1n) is 8.38. The Hall–Kier alpha value is -3.44. The molecule has 30 heavy (non-hydrogen) atoms. The number of hydrogen-bond acceptors (Lipinski definition) is 8. The molecule has 0 bridgehead atoms. The molecule has 0 aromatic heterocycles. The average molecular weight is 448 g/mol. The Morgan fingerprint density at radius 1 is 0.900 bits per heavy atom. The predicted molar refractivity (Wildman–Crippen MR) is 111 cm³/mol. The lowest BCUT2D eigenvalue weighted by Crippen LogP contribution is -2.51. The quantitative estimate of drug-likeness (QED) is 0.294. The van der Waals surface area contributed by atoms with Gasteiger partial charge in [0.2, 0.25) is 0 Å². The van der Waals surface area contributed by atoms with E-state index < -0.39 is 21.9 Å². The van der Waals surface area contributed by atoms with Crippen LogP contribution in [0.2, 0.25) is 0 Å². The van der Waals surface area contributed by atoms with Crippen LogP contribution in [0.1, 0.15) is 5.56 Å². The minimum Gasteiger partial charge on any atom is -0.497 e. The van der Waals surface area contributed by atoms with Crippen LogP contribution >= 0.6 is 12.2 Å². The summed E-state index contributed by atoms with van der Waals surface area (Å²) >= 11 is 4.75. The SMILES string of the molecule is COc1ccc(S(=O)(=O)Oc2ccc(C=C3C(=O)NC(=S)NC3=O)cc2OC)cc1. The summed E-state index contributed by atoms with van der Waals surface area (Å²) in [4.78, 5) is 23.9. The molecule has 11 heteroatoms. The van der Waals surface area contributed by atoms with Gasteiger partial charge in [-0.25, -0.2) is 0 Å². The number of carbonyl (C=O) groups is 2. The average Bonchev–Trinajstić information content (AvgIpc) is 2.71. The lowest BCUT2D eigenvalue weighted by atomic mass is 10.1. The summed E-state index contributed by atoms with van der Waals surface area (Å²) in [5, 5.41) is 4.57. The van der Waals surface area contributed by atoms with Crippen LogP contribution in [0, 0.1) is 0 Å². The van der Waals surface area contributed by atoms with Gasteiger partial charge in [-0.15, -0.1) is 0 Å². The van der Waals surface area contributed by atoms with E-state index in [1.807, 2.05) is 0 Å². The van der Waals surface area contributed by atoms with E-state index in [-0.39, 0.29) is 27.1 Å². The van der Waals surface area contributed by atoms with Crippen molar-refractivity contribution in [2.24, 2.45) is 0 Å². The first-order valence-corrected chi connectivity index (χ1v) is 10.2. The van der Waals surface area contributed by atoms with Crippen LogP contribution in [0.25, 0.3) is 6.08 Å². The predicted octanol–water partition coefficient (Wildman–Crippen LogP) is 1.39. The molecule has 1 aliphatic rings. The van der Waals surface area contributed by atoms with Crippen LogP contribution < -0.4 is 24.3 Å². The minimum absolute atomic E-state index is 0.0609. The van der Waals surface area contributed by atoms with Crippen LogP contribution in [0.4, 0.5) is 0 Å². The Morgan fingerprint density at radius 2 is 1.53 bits per heavy atom. The molecule has 0 aliphatic carbocycles. The first-order chi connectivity index (χ1) is 14.2. The van der Waals surface area contributed by atoms with Crippen molar-refractivity contribution in [3.05, 3.63) is 53.6 Å². The van der Waals surface area contributed by atoms with Gasteiger partial charge in [-0.2, -0.15) is 8.42 Å². The highest BCUT2D eigenvalue weighted by Crippen LogP contribution is 2.32. The van der Waals surface area contributed by atoms with Crippen LogP contribution in [0.15, 0.2) is 52.9 Å².